The normalized spacial score (nSPS) is 15.6. The molecule has 0 radical (unpaired) electrons. The van der Waals surface area contributed by atoms with E-state index in [0.29, 0.717) is 0 Å². The highest BCUT2D eigenvalue weighted by Crippen LogP contribution is 2.44. The number of carboxylic acid groups (broad SMARTS) is 1. The van der Waals surface area contributed by atoms with Crippen LogP contribution in [0, 0.1) is 0 Å². The Balaban J connectivity index is 1.38. The minimum atomic E-state index is -1.07. The Morgan fingerprint density at radius 1 is 1.07 bits per heavy atom. The number of nitrogens with zero attached hydrogens (tertiary/aromatic N) is 1. The van der Waals surface area contributed by atoms with Crippen LogP contribution in [-0.2, 0) is 14.3 Å². The van der Waals surface area contributed by atoms with Crippen molar-refractivity contribution in [3.8, 4) is 11.1 Å². The third-order valence-corrected chi connectivity index (χ3v) is 5.62. The summed E-state index contributed by atoms with van der Waals surface area (Å²) in [5.74, 6) is -1.54. The van der Waals surface area contributed by atoms with Gasteiger partial charge in [-0.15, -0.1) is 0 Å². The fraction of sp³-hybridized carbons (Fsp3) is 0.348. The van der Waals surface area contributed by atoms with Gasteiger partial charge in [0.2, 0.25) is 5.91 Å². The molecule has 0 spiro atoms. The average Bonchev–Trinajstić information content (AvgIpc) is 3.52. The van der Waals surface area contributed by atoms with E-state index in [1.807, 2.05) is 36.4 Å². The predicted molar refractivity (Wildman–Crippen MR) is 110 cm³/mol. The zero-order chi connectivity index (χ0) is 21.3. The summed E-state index contributed by atoms with van der Waals surface area (Å²) in [5, 5.41) is 11.6. The molecule has 2 N–H and O–H groups in total. The number of benzene rings is 2. The molecule has 1 atom stereocenters. The number of ether oxygens (including phenoxy) is 1. The molecule has 0 heterocycles. The van der Waals surface area contributed by atoms with E-state index >= 15 is 0 Å². The first-order valence-electron chi connectivity index (χ1n) is 10.1. The summed E-state index contributed by atoms with van der Waals surface area (Å²) in [5.41, 5.74) is 4.49. The number of carboxylic acids is 1. The maximum absolute atomic E-state index is 12.6. The van der Waals surface area contributed by atoms with Crippen molar-refractivity contribution in [1.29, 1.82) is 0 Å². The molecular formula is C23H24N2O5. The Hall–Kier alpha value is -3.35. The van der Waals surface area contributed by atoms with Crippen LogP contribution in [0.25, 0.3) is 11.1 Å². The quantitative estimate of drug-likeness (QED) is 0.734. The van der Waals surface area contributed by atoms with Crippen molar-refractivity contribution in [2.75, 3.05) is 13.2 Å². The number of hydrogen-bond donors (Lipinski definition) is 2. The SMILES string of the molecule is C[C@@H](NC(=O)OCC1c2ccccc2-c2ccccc21)C(=O)N(CC(=O)O)C1CC1. The molecule has 2 aromatic rings. The van der Waals surface area contributed by atoms with Crippen LogP contribution in [-0.4, -0.2) is 53.2 Å². The van der Waals surface area contributed by atoms with E-state index in [2.05, 4.69) is 17.4 Å². The zero-order valence-electron chi connectivity index (χ0n) is 16.7. The number of amides is 2. The number of rotatable bonds is 7. The lowest BCUT2D eigenvalue weighted by Gasteiger charge is -2.24. The maximum Gasteiger partial charge on any atom is 0.407 e. The van der Waals surface area contributed by atoms with E-state index in [-0.39, 0.29) is 25.1 Å². The van der Waals surface area contributed by atoms with Gasteiger partial charge in [0.15, 0.2) is 0 Å². The highest BCUT2D eigenvalue weighted by molar-refractivity contribution is 5.88. The third-order valence-electron chi connectivity index (χ3n) is 5.62. The lowest BCUT2D eigenvalue weighted by Crippen LogP contribution is -2.49. The number of alkyl carbamates (subject to hydrolysis) is 1. The number of fused-ring (bicyclic) bond motifs is 3. The summed E-state index contributed by atoms with van der Waals surface area (Å²) < 4.78 is 5.46. The number of hydrogen-bond acceptors (Lipinski definition) is 4. The summed E-state index contributed by atoms with van der Waals surface area (Å²) in [6, 6.07) is 15.2. The molecule has 1 fully saturated rings. The van der Waals surface area contributed by atoms with E-state index in [4.69, 9.17) is 9.84 Å². The summed E-state index contributed by atoms with van der Waals surface area (Å²) in [6.45, 7) is 1.34. The summed E-state index contributed by atoms with van der Waals surface area (Å²) in [7, 11) is 0. The molecular weight excluding hydrogens is 384 g/mol. The third kappa shape index (κ3) is 4.01. The molecule has 7 nitrogen and oxygen atoms in total. The molecule has 0 aromatic heterocycles. The molecule has 0 saturated heterocycles. The predicted octanol–water partition coefficient (Wildman–Crippen LogP) is 2.99. The second-order valence-corrected chi connectivity index (χ2v) is 7.78. The van der Waals surface area contributed by atoms with Gasteiger partial charge in [0.25, 0.3) is 0 Å². The first kappa shape index (κ1) is 19.9. The average molecular weight is 408 g/mol. The molecule has 0 bridgehead atoms. The van der Waals surface area contributed by atoms with Gasteiger partial charge in [-0.2, -0.15) is 0 Å². The smallest absolute Gasteiger partial charge is 0.407 e. The Kier molecular flexibility index (Phi) is 5.44. The van der Waals surface area contributed by atoms with Gasteiger partial charge in [-0.3, -0.25) is 9.59 Å². The van der Waals surface area contributed by atoms with Crippen molar-refractivity contribution in [2.45, 2.75) is 37.8 Å². The van der Waals surface area contributed by atoms with E-state index in [1.54, 1.807) is 6.92 Å². The molecule has 2 aromatic carbocycles. The van der Waals surface area contributed by atoms with E-state index in [9.17, 15) is 14.4 Å². The maximum atomic E-state index is 12.6. The molecule has 0 aliphatic heterocycles. The molecule has 30 heavy (non-hydrogen) atoms. The summed E-state index contributed by atoms with van der Waals surface area (Å²) in [4.78, 5) is 37.3. The standard InChI is InChI=1S/C23H24N2O5/c1-14(22(28)25(12-21(26)27)15-10-11-15)24-23(29)30-13-20-18-8-4-2-6-16(18)17-7-3-5-9-19(17)20/h2-9,14-15,20H,10-13H2,1H3,(H,24,29)(H,26,27)/t14-/m1/s1. The highest BCUT2D eigenvalue weighted by Gasteiger charge is 2.36. The van der Waals surface area contributed by atoms with Gasteiger partial charge < -0.3 is 20.1 Å². The van der Waals surface area contributed by atoms with Gasteiger partial charge in [-0.05, 0) is 42.0 Å². The van der Waals surface area contributed by atoms with Crippen molar-refractivity contribution in [2.24, 2.45) is 0 Å². The number of aliphatic carboxylic acids is 1. The van der Waals surface area contributed by atoms with E-state index in [0.717, 1.165) is 35.1 Å². The second-order valence-electron chi connectivity index (χ2n) is 7.78. The lowest BCUT2D eigenvalue weighted by molar-refractivity contribution is -0.145. The van der Waals surface area contributed by atoms with Crippen molar-refractivity contribution in [1.82, 2.24) is 10.2 Å². The van der Waals surface area contributed by atoms with Crippen molar-refractivity contribution in [3.05, 3.63) is 59.7 Å². The van der Waals surface area contributed by atoms with Crippen molar-refractivity contribution in [3.63, 3.8) is 0 Å². The topological polar surface area (TPSA) is 95.9 Å². The molecule has 2 amide bonds. The summed E-state index contributed by atoms with van der Waals surface area (Å²) in [6.07, 6.45) is 0.886. The zero-order valence-corrected chi connectivity index (χ0v) is 16.7. The summed E-state index contributed by atoms with van der Waals surface area (Å²) >= 11 is 0. The molecule has 2 aliphatic rings. The van der Waals surface area contributed by atoms with Gasteiger partial charge in [0.1, 0.15) is 19.2 Å². The van der Waals surface area contributed by atoms with Crippen LogP contribution in [0.2, 0.25) is 0 Å². The Labute approximate surface area is 174 Å². The van der Waals surface area contributed by atoms with E-state index < -0.39 is 24.0 Å². The Morgan fingerprint density at radius 2 is 1.63 bits per heavy atom. The highest BCUT2D eigenvalue weighted by atomic mass is 16.5. The minimum Gasteiger partial charge on any atom is -0.480 e. The van der Waals surface area contributed by atoms with Crippen LogP contribution in [0.4, 0.5) is 4.79 Å². The van der Waals surface area contributed by atoms with Gasteiger partial charge in [0.05, 0.1) is 0 Å². The first-order chi connectivity index (χ1) is 14.5. The molecule has 0 unspecified atom stereocenters. The number of carbonyl (C=O) groups excluding carboxylic acids is 2. The Morgan fingerprint density at radius 3 is 2.17 bits per heavy atom. The van der Waals surface area contributed by atoms with Crippen LogP contribution in [0.5, 0.6) is 0 Å². The van der Waals surface area contributed by atoms with Crippen molar-refractivity contribution >= 4 is 18.0 Å². The van der Waals surface area contributed by atoms with Crippen LogP contribution in [0.15, 0.2) is 48.5 Å². The van der Waals surface area contributed by atoms with Crippen LogP contribution in [0.3, 0.4) is 0 Å². The van der Waals surface area contributed by atoms with E-state index in [1.165, 1.54) is 4.90 Å². The van der Waals surface area contributed by atoms with Crippen LogP contribution >= 0.6 is 0 Å². The van der Waals surface area contributed by atoms with Gasteiger partial charge in [-0.1, -0.05) is 48.5 Å². The number of nitrogens with one attached hydrogen (secondary N) is 1. The van der Waals surface area contributed by atoms with Crippen LogP contribution in [0.1, 0.15) is 36.8 Å². The van der Waals surface area contributed by atoms with Gasteiger partial charge in [-0.25, -0.2) is 4.79 Å². The van der Waals surface area contributed by atoms with Crippen LogP contribution < -0.4 is 5.32 Å². The first-order valence-corrected chi connectivity index (χ1v) is 10.1. The fourth-order valence-electron chi connectivity index (χ4n) is 4.05. The Bertz CT molecular complexity index is 940. The largest absolute Gasteiger partial charge is 0.480 e. The van der Waals surface area contributed by atoms with Gasteiger partial charge in [0, 0.05) is 12.0 Å². The molecule has 1 saturated carbocycles. The molecule has 7 heteroatoms. The molecule has 156 valence electrons. The monoisotopic (exact) mass is 408 g/mol. The molecule has 4 rings (SSSR count). The number of carbonyl (C=O) groups is 3. The van der Waals surface area contributed by atoms with Gasteiger partial charge >= 0.3 is 12.1 Å². The lowest BCUT2D eigenvalue weighted by atomic mass is 9.98. The fourth-order valence-corrected chi connectivity index (χ4v) is 4.05. The minimum absolute atomic E-state index is 0.0552. The molecule has 2 aliphatic carbocycles. The second kappa shape index (κ2) is 8.18. The van der Waals surface area contributed by atoms with Crippen molar-refractivity contribution < 1.29 is 24.2 Å².